The van der Waals surface area contributed by atoms with Crippen molar-refractivity contribution in [2.45, 2.75) is 38.6 Å². The first kappa shape index (κ1) is 21.6. The highest BCUT2D eigenvalue weighted by molar-refractivity contribution is 7.52. The van der Waals surface area contributed by atoms with Gasteiger partial charge in [0, 0.05) is 12.6 Å². The summed E-state index contributed by atoms with van der Waals surface area (Å²) >= 11 is 0. The molecular weight excluding hydrogens is 337 g/mol. The fraction of sp³-hybridized carbons (Fsp3) is 0.368. The van der Waals surface area contributed by atoms with E-state index in [9.17, 15) is 14.4 Å². The van der Waals surface area contributed by atoms with Gasteiger partial charge in [0.2, 0.25) is 0 Å². The van der Waals surface area contributed by atoms with Crippen LogP contribution in [-0.4, -0.2) is 27.5 Å². The molecule has 4 N–H and O–H groups in total. The van der Waals surface area contributed by atoms with Gasteiger partial charge < -0.3 is 14.9 Å². The van der Waals surface area contributed by atoms with Crippen LogP contribution in [0.15, 0.2) is 60.7 Å². The van der Waals surface area contributed by atoms with Crippen LogP contribution in [0.2, 0.25) is 0 Å². The fourth-order valence-electron chi connectivity index (χ4n) is 2.25. The lowest BCUT2D eigenvalue weighted by Gasteiger charge is -2.22. The number of benzene rings is 2. The number of aliphatic hydroxyl groups excluding tert-OH is 1. The molecule has 2 atom stereocenters. The number of rotatable bonds is 6. The molecule has 2 aromatic carbocycles. The molecule has 0 aliphatic rings. The summed E-state index contributed by atoms with van der Waals surface area (Å²) in [6, 6.07) is 18.7. The molecule has 0 aromatic heterocycles. The first-order chi connectivity index (χ1) is 11.7. The van der Waals surface area contributed by atoms with Crippen molar-refractivity contribution >= 4 is 7.60 Å². The second-order valence-electron chi connectivity index (χ2n) is 6.22. The molecule has 0 aliphatic heterocycles. The highest BCUT2D eigenvalue weighted by atomic mass is 31.2. The molecule has 0 radical (unpaired) electrons. The summed E-state index contributed by atoms with van der Waals surface area (Å²) in [7, 11) is -4.26. The van der Waals surface area contributed by atoms with Crippen LogP contribution in [0.3, 0.4) is 0 Å². The van der Waals surface area contributed by atoms with E-state index >= 15 is 0 Å². The lowest BCUT2D eigenvalue weighted by Crippen LogP contribution is -2.25. The number of hydrogen-bond acceptors (Lipinski definition) is 3. The third-order valence-electron chi connectivity index (χ3n) is 3.44. The van der Waals surface area contributed by atoms with E-state index < -0.39 is 13.4 Å². The fourth-order valence-corrected chi connectivity index (χ4v) is 3.16. The van der Waals surface area contributed by atoms with E-state index in [-0.39, 0.29) is 12.0 Å². The van der Waals surface area contributed by atoms with Gasteiger partial charge in [0.25, 0.3) is 0 Å². The maximum absolute atomic E-state index is 11.7. The zero-order chi connectivity index (χ0) is 18.9. The van der Waals surface area contributed by atoms with Crippen molar-refractivity contribution in [2.24, 2.45) is 0 Å². The minimum absolute atomic E-state index is 0.167. The Kier molecular flexibility index (Phi) is 9.04. The van der Waals surface area contributed by atoms with E-state index in [1.165, 1.54) is 0 Å². The van der Waals surface area contributed by atoms with Gasteiger partial charge in [0.05, 0.1) is 0 Å². The third kappa shape index (κ3) is 8.43. The molecule has 138 valence electrons. The summed E-state index contributed by atoms with van der Waals surface area (Å²) in [4.78, 5) is 19.1. The van der Waals surface area contributed by atoms with Gasteiger partial charge in [0.15, 0.2) is 0 Å². The molecule has 5 nitrogen and oxygen atoms in total. The SMILES string of the molecule is CC(C)O.CC(CNC(c1ccccc1)P(=O)(O)O)c1ccccc1. The van der Waals surface area contributed by atoms with Crippen molar-refractivity contribution in [1.29, 1.82) is 0 Å². The van der Waals surface area contributed by atoms with E-state index in [1.807, 2.05) is 43.3 Å². The Hall–Kier alpha value is -1.49. The maximum Gasteiger partial charge on any atom is 0.346 e. The zero-order valence-corrected chi connectivity index (χ0v) is 15.8. The Bertz CT molecular complexity index is 640. The van der Waals surface area contributed by atoms with Crippen LogP contribution in [0.1, 0.15) is 43.6 Å². The molecule has 2 rings (SSSR count). The van der Waals surface area contributed by atoms with Crippen molar-refractivity contribution in [3.05, 3.63) is 71.8 Å². The Labute approximate surface area is 149 Å². The van der Waals surface area contributed by atoms with Crippen molar-refractivity contribution in [3.63, 3.8) is 0 Å². The van der Waals surface area contributed by atoms with Gasteiger partial charge in [0.1, 0.15) is 5.78 Å². The van der Waals surface area contributed by atoms with Gasteiger partial charge in [-0.15, -0.1) is 0 Å². The lowest BCUT2D eigenvalue weighted by molar-refractivity contribution is 0.216. The third-order valence-corrected chi connectivity index (χ3v) is 4.59. The van der Waals surface area contributed by atoms with Gasteiger partial charge in [-0.25, -0.2) is 0 Å². The van der Waals surface area contributed by atoms with Crippen LogP contribution in [-0.2, 0) is 4.57 Å². The zero-order valence-electron chi connectivity index (χ0n) is 14.9. The average Bonchev–Trinajstić information content (AvgIpc) is 2.55. The summed E-state index contributed by atoms with van der Waals surface area (Å²) in [5, 5.41) is 11.1. The first-order valence-electron chi connectivity index (χ1n) is 8.28. The largest absolute Gasteiger partial charge is 0.394 e. The van der Waals surface area contributed by atoms with Crippen LogP contribution in [0.5, 0.6) is 0 Å². The Morgan fingerprint density at radius 3 is 1.68 bits per heavy atom. The summed E-state index contributed by atoms with van der Waals surface area (Å²) < 4.78 is 11.7. The van der Waals surface area contributed by atoms with Crippen molar-refractivity contribution < 1.29 is 19.5 Å². The molecule has 0 fully saturated rings. The van der Waals surface area contributed by atoms with Gasteiger partial charge in [-0.2, -0.15) is 0 Å². The number of hydrogen-bond donors (Lipinski definition) is 4. The molecular formula is C19H28NO4P. The number of aliphatic hydroxyl groups is 1. The van der Waals surface area contributed by atoms with Gasteiger partial charge >= 0.3 is 7.60 Å². The van der Waals surface area contributed by atoms with Crippen LogP contribution in [0.25, 0.3) is 0 Å². The van der Waals surface area contributed by atoms with Gasteiger partial charge in [-0.3, -0.25) is 9.88 Å². The van der Waals surface area contributed by atoms with Gasteiger partial charge in [-0.1, -0.05) is 67.6 Å². The minimum atomic E-state index is -4.26. The van der Waals surface area contributed by atoms with Crippen molar-refractivity contribution in [2.75, 3.05) is 6.54 Å². The van der Waals surface area contributed by atoms with E-state index in [1.54, 1.807) is 38.1 Å². The minimum Gasteiger partial charge on any atom is -0.394 e. The molecule has 0 heterocycles. The molecule has 0 spiro atoms. The van der Waals surface area contributed by atoms with Crippen LogP contribution in [0, 0.1) is 0 Å². The molecule has 0 bridgehead atoms. The number of nitrogens with one attached hydrogen (secondary N) is 1. The van der Waals surface area contributed by atoms with Crippen molar-refractivity contribution in [3.8, 4) is 0 Å². The molecule has 0 aliphatic carbocycles. The van der Waals surface area contributed by atoms with E-state index in [2.05, 4.69) is 5.32 Å². The van der Waals surface area contributed by atoms with Crippen LogP contribution in [0.4, 0.5) is 0 Å². The molecule has 0 amide bonds. The highest BCUT2D eigenvalue weighted by Crippen LogP contribution is 2.49. The Balaban J connectivity index is 0.000000705. The summed E-state index contributed by atoms with van der Waals surface area (Å²) in [5.74, 6) is -0.797. The predicted octanol–water partition coefficient (Wildman–Crippen LogP) is 3.64. The summed E-state index contributed by atoms with van der Waals surface area (Å²) in [6.45, 7) is 5.97. The first-order valence-corrected chi connectivity index (χ1v) is 9.96. The topological polar surface area (TPSA) is 89.8 Å². The standard InChI is InChI=1S/C16H20NO3P.C3H8O/c1-13(14-8-4-2-5-9-14)12-17-16(21(18,19)20)15-10-6-3-7-11-15;1-3(2)4/h2-11,13,16-17H,12H2,1H3,(H2,18,19,20);3-4H,1-2H3. The average molecular weight is 365 g/mol. The molecule has 0 saturated heterocycles. The monoisotopic (exact) mass is 365 g/mol. The van der Waals surface area contributed by atoms with E-state index in [0.717, 1.165) is 5.56 Å². The predicted molar refractivity (Wildman–Crippen MR) is 101 cm³/mol. The highest BCUT2D eigenvalue weighted by Gasteiger charge is 2.30. The van der Waals surface area contributed by atoms with Gasteiger partial charge in [-0.05, 0) is 30.9 Å². The summed E-state index contributed by atoms with van der Waals surface area (Å²) in [5.41, 5.74) is 1.74. The van der Waals surface area contributed by atoms with E-state index in [0.29, 0.717) is 12.1 Å². The lowest BCUT2D eigenvalue weighted by atomic mass is 10.0. The molecule has 2 unspecified atom stereocenters. The Morgan fingerprint density at radius 1 is 0.880 bits per heavy atom. The summed E-state index contributed by atoms with van der Waals surface area (Å²) in [6.07, 6.45) is -0.167. The molecule has 2 aromatic rings. The second kappa shape index (κ2) is 10.5. The van der Waals surface area contributed by atoms with Crippen molar-refractivity contribution in [1.82, 2.24) is 5.32 Å². The van der Waals surface area contributed by atoms with Crippen LogP contribution < -0.4 is 5.32 Å². The van der Waals surface area contributed by atoms with Crippen LogP contribution >= 0.6 is 7.60 Å². The molecule has 25 heavy (non-hydrogen) atoms. The quantitative estimate of drug-likeness (QED) is 0.587. The maximum atomic E-state index is 11.7. The molecule has 0 saturated carbocycles. The smallest absolute Gasteiger partial charge is 0.346 e. The molecule has 6 heteroatoms. The van der Waals surface area contributed by atoms with E-state index in [4.69, 9.17) is 5.11 Å². The second-order valence-corrected chi connectivity index (χ2v) is 7.91. The Morgan fingerprint density at radius 2 is 1.28 bits per heavy atom. The normalized spacial score (nSPS) is 13.7.